The molecule has 4 heteroatoms. The average molecular weight is 161 g/mol. The summed E-state index contributed by atoms with van der Waals surface area (Å²) in [6.45, 7) is 1.37. The number of hydrogen-bond donors (Lipinski definition) is 1. The predicted octanol–water partition coefficient (Wildman–Crippen LogP) is 0.361. The highest BCUT2D eigenvalue weighted by Crippen LogP contribution is 2.20. The van der Waals surface area contributed by atoms with Crippen LogP contribution < -0.4 is 0 Å². The number of carboxylic acid groups (broad SMARTS) is 1. The number of hydrogen-bond acceptors (Lipinski definition) is 2. The summed E-state index contributed by atoms with van der Waals surface area (Å²) in [5.74, 6) is -1.64. The third-order valence-corrected chi connectivity index (χ3v) is 2.08. The van der Waals surface area contributed by atoms with Gasteiger partial charge in [0.1, 0.15) is 0 Å². The van der Waals surface area contributed by atoms with Crippen molar-refractivity contribution < 1.29 is 14.3 Å². The molecule has 11 heavy (non-hydrogen) atoms. The van der Waals surface area contributed by atoms with Crippen LogP contribution in [-0.4, -0.2) is 42.3 Å². The minimum absolute atomic E-state index is 0.308. The molecule has 1 rings (SSSR count). The highest BCUT2D eigenvalue weighted by molar-refractivity contribution is 5.72. The highest BCUT2D eigenvalue weighted by Gasteiger charge is 2.32. The molecule has 1 saturated heterocycles. The Morgan fingerprint density at radius 3 is 2.82 bits per heavy atom. The summed E-state index contributed by atoms with van der Waals surface area (Å²) < 4.78 is 12.8. The van der Waals surface area contributed by atoms with Gasteiger partial charge in [-0.1, -0.05) is 0 Å². The zero-order valence-electron chi connectivity index (χ0n) is 6.46. The van der Waals surface area contributed by atoms with Crippen LogP contribution in [0, 0.1) is 5.92 Å². The number of nitrogens with zero attached hydrogens (tertiary/aromatic N) is 1. The normalized spacial score (nSPS) is 28.7. The van der Waals surface area contributed by atoms with E-state index in [9.17, 15) is 9.18 Å². The molecule has 1 heterocycles. The third kappa shape index (κ3) is 1.89. The lowest BCUT2D eigenvalue weighted by Gasteiger charge is -2.10. The number of rotatable bonds is 2. The predicted molar refractivity (Wildman–Crippen MR) is 38.1 cm³/mol. The fraction of sp³-hybridized carbons (Fsp3) is 0.857. The van der Waals surface area contributed by atoms with Crippen molar-refractivity contribution in [3.05, 3.63) is 0 Å². The zero-order chi connectivity index (χ0) is 8.43. The van der Waals surface area contributed by atoms with Crippen LogP contribution in [0.3, 0.4) is 0 Å². The minimum Gasteiger partial charge on any atom is -0.479 e. The van der Waals surface area contributed by atoms with Crippen molar-refractivity contribution in [2.45, 2.75) is 12.6 Å². The Bertz CT molecular complexity index is 163. The quantitative estimate of drug-likeness (QED) is 0.635. The number of alkyl halides is 1. The van der Waals surface area contributed by atoms with E-state index in [0.717, 1.165) is 6.54 Å². The topological polar surface area (TPSA) is 40.5 Å². The Balaban J connectivity index is 2.43. The summed E-state index contributed by atoms with van der Waals surface area (Å²) in [4.78, 5) is 12.1. The van der Waals surface area contributed by atoms with Crippen LogP contribution in [0.4, 0.5) is 4.39 Å². The molecule has 1 aliphatic heterocycles. The molecule has 0 aliphatic carbocycles. The first kappa shape index (κ1) is 8.46. The second-order valence-electron chi connectivity index (χ2n) is 3.05. The third-order valence-electron chi connectivity index (χ3n) is 2.08. The number of halogens is 1. The van der Waals surface area contributed by atoms with Gasteiger partial charge >= 0.3 is 5.97 Å². The number of carbonyl (C=O) groups is 1. The van der Waals surface area contributed by atoms with Gasteiger partial charge in [0.15, 0.2) is 0 Å². The van der Waals surface area contributed by atoms with E-state index in [-0.39, 0.29) is 5.92 Å². The summed E-state index contributed by atoms with van der Waals surface area (Å²) in [7, 11) is 1.87. The largest absolute Gasteiger partial charge is 0.479 e. The molecule has 1 aliphatic rings. The van der Waals surface area contributed by atoms with Crippen LogP contribution in [0.2, 0.25) is 0 Å². The summed E-state index contributed by atoms with van der Waals surface area (Å²) in [5.41, 5.74) is 0. The Hall–Kier alpha value is -0.640. The first-order chi connectivity index (χ1) is 5.11. The molecule has 0 aromatic carbocycles. The van der Waals surface area contributed by atoms with E-state index in [0.29, 0.717) is 13.0 Å². The van der Waals surface area contributed by atoms with Crippen LogP contribution in [0.5, 0.6) is 0 Å². The van der Waals surface area contributed by atoms with Crippen molar-refractivity contribution in [2.24, 2.45) is 5.92 Å². The Morgan fingerprint density at radius 2 is 2.45 bits per heavy atom. The van der Waals surface area contributed by atoms with Gasteiger partial charge in [0.05, 0.1) is 0 Å². The molecule has 2 unspecified atom stereocenters. The highest BCUT2D eigenvalue weighted by atomic mass is 19.1. The van der Waals surface area contributed by atoms with Crippen LogP contribution >= 0.6 is 0 Å². The van der Waals surface area contributed by atoms with Crippen molar-refractivity contribution in [3.8, 4) is 0 Å². The second kappa shape index (κ2) is 3.17. The molecule has 0 bridgehead atoms. The summed E-state index contributed by atoms with van der Waals surface area (Å²) in [6.07, 6.45) is -1.02. The lowest BCUT2D eigenvalue weighted by Crippen LogP contribution is -2.27. The van der Waals surface area contributed by atoms with Gasteiger partial charge in [0, 0.05) is 12.5 Å². The van der Waals surface area contributed by atoms with Crippen molar-refractivity contribution in [1.29, 1.82) is 0 Å². The van der Waals surface area contributed by atoms with Crippen molar-refractivity contribution in [2.75, 3.05) is 20.1 Å². The molecule has 1 N–H and O–H groups in total. The molecule has 0 aromatic rings. The molecule has 0 radical (unpaired) electrons. The van der Waals surface area contributed by atoms with E-state index in [1.54, 1.807) is 0 Å². The van der Waals surface area contributed by atoms with Crippen LogP contribution in [0.15, 0.2) is 0 Å². The van der Waals surface area contributed by atoms with Gasteiger partial charge in [-0.15, -0.1) is 0 Å². The van der Waals surface area contributed by atoms with E-state index < -0.39 is 12.1 Å². The molecular weight excluding hydrogens is 149 g/mol. The standard InChI is InChI=1S/C7H12FNO2/c1-9-3-2-5(4-9)6(8)7(10)11/h5-6H,2-4H2,1H3,(H,10,11). The van der Waals surface area contributed by atoms with Crippen LogP contribution in [0.1, 0.15) is 6.42 Å². The molecule has 0 aromatic heterocycles. The summed E-state index contributed by atoms with van der Waals surface area (Å²) >= 11 is 0. The van der Waals surface area contributed by atoms with E-state index in [2.05, 4.69) is 0 Å². The Kier molecular flexibility index (Phi) is 2.44. The maximum Gasteiger partial charge on any atom is 0.338 e. The molecular formula is C7H12FNO2. The van der Waals surface area contributed by atoms with E-state index in [4.69, 9.17) is 5.11 Å². The number of carboxylic acids is 1. The number of likely N-dealkylation sites (tertiary alicyclic amines) is 1. The first-order valence-corrected chi connectivity index (χ1v) is 3.66. The molecule has 0 amide bonds. The second-order valence-corrected chi connectivity index (χ2v) is 3.05. The van der Waals surface area contributed by atoms with Gasteiger partial charge in [-0.3, -0.25) is 0 Å². The monoisotopic (exact) mass is 161 g/mol. The first-order valence-electron chi connectivity index (χ1n) is 3.66. The molecule has 2 atom stereocenters. The van der Waals surface area contributed by atoms with Crippen molar-refractivity contribution in [3.63, 3.8) is 0 Å². The fourth-order valence-corrected chi connectivity index (χ4v) is 1.41. The molecule has 0 spiro atoms. The van der Waals surface area contributed by atoms with Gasteiger partial charge in [-0.25, -0.2) is 9.18 Å². The maximum absolute atomic E-state index is 12.8. The number of aliphatic carboxylic acids is 1. The van der Waals surface area contributed by atoms with E-state index in [1.165, 1.54) is 0 Å². The Morgan fingerprint density at radius 1 is 1.82 bits per heavy atom. The van der Waals surface area contributed by atoms with Gasteiger partial charge in [0.2, 0.25) is 6.17 Å². The van der Waals surface area contributed by atoms with Gasteiger partial charge in [0.25, 0.3) is 0 Å². The molecule has 3 nitrogen and oxygen atoms in total. The average Bonchev–Trinajstić information content (AvgIpc) is 2.34. The smallest absolute Gasteiger partial charge is 0.338 e. The maximum atomic E-state index is 12.8. The molecule has 0 saturated carbocycles. The molecule has 64 valence electrons. The van der Waals surface area contributed by atoms with Gasteiger partial charge in [-0.05, 0) is 20.0 Å². The zero-order valence-corrected chi connectivity index (χ0v) is 6.46. The molecule has 1 fully saturated rings. The SMILES string of the molecule is CN1CCC(C(F)C(=O)O)C1. The summed E-state index contributed by atoms with van der Waals surface area (Å²) in [6, 6.07) is 0. The van der Waals surface area contributed by atoms with Crippen molar-refractivity contribution in [1.82, 2.24) is 4.90 Å². The fourth-order valence-electron chi connectivity index (χ4n) is 1.41. The van der Waals surface area contributed by atoms with E-state index in [1.807, 2.05) is 11.9 Å². The van der Waals surface area contributed by atoms with Crippen molar-refractivity contribution >= 4 is 5.97 Å². The Labute approximate surface area is 64.8 Å². The summed E-state index contributed by atoms with van der Waals surface area (Å²) in [5, 5.41) is 8.34. The van der Waals surface area contributed by atoms with Gasteiger partial charge < -0.3 is 10.0 Å². The van der Waals surface area contributed by atoms with Gasteiger partial charge in [-0.2, -0.15) is 0 Å². The van der Waals surface area contributed by atoms with E-state index >= 15 is 0 Å². The lowest BCUT2D eigenvalue weighted by molar-refractivity contribution is -0.144. The van der Waals surface area contributed by atoms with Crippen LogP contribution in [0.25, 0.3) is 0 Å². The minimum atomic E-state index is -1.68. The lowest BCUT2D eigenvalue weighted by atomic mass is 10.0. The van der Waals surface area contributed by atoms with Crippen LogP contribution in [-0.2, 0) is 4.79 Å².